The van der Waals surface area contributed by atoms with Crippen LogP contribution in [0.25, 0.3) is 0 Å². The molecule has 0 spiro atoms. The second-order valence-corrected chi connectivity index (χ2v) is 10.6. The molecule has 10 nitrogen and oxygen atoms in total. The zero-order valence-electron chi connectivity index (χ0n) is 21.4. The minimum Gasteiger partial charge on any atom is -0.368 e. The highest BCUT2D eigenvalue weighted by Crippen LogP contribution is 2.34. The highest BCUT2D eigenvalue weighted by atomic mass is 16.2. The molecule has 36 heavy (non-hydrogen) atoms. The smallest absolute Gasteiger partial charge is 0.246 e. The fourth-order valence-electron chi connectivity index (χ4n) is 5.70. The lowest BCUT2D eigenvalue weighted by molar-refractivity contribution is -0.130. The molecule has 192 valence electrons. The number of piperazine rings is 1. The SMILES string of the molecule is CN(C)C(=O)C1Cc2cnc(Nc3ccc(N4CCN(C5CC5)CC4)cn3)nc2N1N1CCCCC1. The van der Waals surface area contributed by atoms with Crippen LogP contribution in [-0.4, -0.2) is 101 Å². The standard InChI is InChI=1S/C26H37N9O/c1-31(2)25(36)22-16-19-17-28-26(30-24(19)35(22)34-10-4-3-5-11-34)29-23-9-8-21(18-27-23)33-14-12-32(13-15-33)20-6-7-20/h8-9,17-18,20,22H,3-7,10-16H2,1-2H3,(H,27,28,29,30). The first-order chi connectivity index (χ1) is 17.6. The predicted molar refractivity (Wildman–Crippen MR) is 140 cm³/mol. The van der Waals surface area contributed by atoms with Gasteiger partial charge in [-0.3, -0.25) is 14.7 Å². The van der Waals surface area contributed by atoms with Crippen LogP contribution in [0, 0.1) is 0 Å². The van der Waals surface area contributed by atoms with Gasteiger partial charge in [-0.05, 0) is 37.8 Å². The molecule has 2 aromatic rings. The number of carbonyl (C=O) groups is 1. The first-order valence-corrected chi connectivity index (χ1v) is 13.4. The van der Waals surface area contributed by atoms with Gasteiger partial charge in [0.1, 0.15) is 11.9 Å². The molecular weight excluding hydrogens is 454 g/mol. The second-order valence-electron chi connectivity index (χ2n) is 10.6. The molecule has 3 fully saturated rings. The van der Waals surface area contributed by atoms with Crippen molar-refractivity contribution in [1.29, 1.82) is 0 Å². The molecular formula is C26H37N9O. The van der Waals surface area contributed by atoms with Crippen LogP contribution in [0.2, 0.25) is 0 Å². The number of nitrogens with one attached hydrogen (secondary N) is 1. The van der Waals surface area contributed by atoms with E-state index in [9.17, 15) is 4.79 Å². The lowest BCUT2D eigenvalue weighted by Gasteiger charge is -2.39. The number of hydrogen-bond acceptors (Lipinski definition) is 9. The summed E-state index contributed by atoms with van der Waals surface area (Å²) in [5.74, 6) is 2.16. The average molecular weight is 492 g/mol. The van der Waals surface area contributed by atoms with E-state index in [1.54, 1.807) is 4.90 Å². The van der Waals surface area contributed by atoms with E-state index in [0.717, 1.165) is 81.0 Å². The Balaban J connectivity index is 1.16. The summed E-state index contributed by atoms with van der Waals surface area (Å²) in [5.41, 5.74) is 2.17. The number of aromatic nitrogens is 3. The molecule has 1 saturated carbocycles. The fourth-order valence-corrected chi connectivity index (χ4v) is 5.70. The number of hydrazine groups is 1. The van der Waals surface area contributed by atoms with Gasteiger partial charge < -0.3 is 15.1 Å². The highest BCUT2D eigenvalue weighted by molar-refractivity contribution is 5.87. The van der Waals surface area contributed by atoms with Gasteiger partial charge in [0.25, 0.3) is 0 Å². The topological polar surface area (TPSA) is 84.0 Å². The molecule has 1 unspecified atom stereocenters. The molecule has 0 bridgehead atoms. The monoisotopic (exact) mass is 491 g/mol. The quantitative estimate of drug-likeness (QED) is 0.653. The Morgan fingerprint density at radius 1 is 0.972 bits per heavy atom. The van der Waals surface area contributed by atoms with Gasteiger partial charge in [0.2, 0.25) is 11.9 Å². The molecule has 10 heteroatoms. The van der Waals surface area contributed by atoms with E-state index in [1.807, 2.05) is 32.6 Å². The number of rotatable bonds is 6. The number of fused-ring (bicyclic) bond motifs is 1. The molecule has 6 rings (SSSR count). The van der Waals surface area contributed by atoms with Gasteiger partial charge in [-0.2, -0.15) is 4.98 Å². The van der Waals surface area contributed by atoms with E-state index in [1.165, 1.54) is 19.3 Å². The molecule has 0 radical (unpaired) electrons. The molecule has 3 aliphatic heterocycles. The normalized spacial score (nSPS) is 23.0. The zero-order chi connectivity index (χ0) is 24.6. The summed E-state index contributed by atoms with van der Waals surface area (Å²) in [6.45, 7) is 6.27. The third kappa shape index (κ3) is 4.71. The molecule has 2 aromatic heterocycles. The van der Waals surface area contributed by atoms with Crippen molar-refractivity contribution in [3.05, 3.63) is 30.1 Å². The first kappa shape index (κ1) is 23.4. The van der Waals surface area contributed by atoms with Crippen LogP contribution in [0.15, 0.2) is 24.5 Å². The third-order valence-corrected chi connectivity index (χ3v) is 7.86. The van der Waals surface area contributed by atoms with Crippen molar-refractivity contribution >= 4 is 29.2 Å². The maximum atomic E-state index is 13.0. The predicted octanol–water partition coefficient (Wildman–Crippen LogP) is 2.12. The van der Waals surface area contributed by atoms with Crippen LogP contribution in [0.4, 0.5) is 23.3 Å². The lowest BCUT2D eigenvalue weighted by Crippen LogP contribution is -2.54. The fraction of sp³-hybridized carbons (Fsp3) is 0.615. The first-order valence-electron chi connectivity index (χ1n) is 13.4. The number of likely N-dealkylation sites (N-methyl/N-ethyl adjacent to an activating group) is 1. The van der Waals surface area contributed by atoms with Crippen molar-refractivity contribution in [3.8, 4) is 0 Å². The number of piperidine rings is 1. The molecule has 2 saturated heterocycles. The van der Waals surface area contributed by atoms with Crippen molar-refractivity contribution in [3.63, 3.8) is 0 Å². The van der Waals surface area contributed by atoms with E-state index >= 15 is 0 Å². The Bertz CT molecular complexity index is 1070. The Morgan fingerprint density at radius 3 is 2.42 bits per heavy atom. The largest absolute Gasteiger partial charge is 0.368 e. The summed E-state index contributed by atoms with van der Waals surface area (Å²) in [6.07, 6.45) is 10.7. The number of hydrogen-bond donors (Lipinski definition) is 1. The van der Waals surface area contributed by atoms with E-state index in [4.69, 9.17) is 4.98 Å². The van der Waals surface area contributed by atoms with Crippen LogP contribution >= 0.6 is 0 Å². The van der Waals surface area contributed by atoms with Crippen molar-refractivity contribution in [2.24, 2.45) is 0 Å². The number of carbonyl (C=O) groups excluding carboxylic acids is 1. The summed E-state index contributed by atoms with van der Waals surface area (Å²) in [4.78, 5) is 33.8. The molecule has 1 amide bonds. The minimum absolute atomic E-state index is 0.100. The Hall–Kier alpha value is -2.98. The van der Waals surface area contributed by atoms with E-state index in [0.29, 0.717) is 12.4 Å². The highest BCUT2D eigenvalue weighted by Gasteiger charge is 2.40. The molecule has 0 aromatic carbocycles. The molecule has 1 N–H and O–H groups in total. The van der Waals surface area contributed by atoms with Crippen molar-refractivity contribution in [2.75, 3.05) is 68.6 Å². The number of amides is 1. The number of anilines is 4. The maximum Gasteiger partial charge on any atom is 0.246 e. The van der Waals surface area contributed by atoms with Gasteiger partial charge in [0, 0.05) is 77.6 Å². The van der Waals surface area contributed by atoms with Gasteiger partial charge in [-0.25, -0.2) is 15.0 Å². The molecule has 1 aliphatic carbocycles. The van der Waals surface area contributed by atoms with Gasteiger partial charge in [0.15, 0.2) is 5.82 Å². The maximum absolute atomic E-state index is 13.0. The van der Waals surface area contributed by atoms with E-state index in [2.05, 4.69) is 41.2 Å². The summed E-state index contributed by atoms with van der Waals surface area (Å²) in [6, 6.07) is 4.70. The van der Waals surface area contributed by atoms with Crippen molar-refractivity contribution in [1.82, 2.24) is 29.8 Å². The third-order valence-electron chi connectivity index (χ3n) is 7.86. The molecule has 5 heterocycles. The minimum atomic E-state index is -0.268. The van der Waals surface area contributed by atoms with Gasteiger partial charge >= 0.3 is 0 Å². The summed E-state index contributed by atoms with van der Waals surface area (Å²) in [5, 5.41) is 7.71. The molecule has 1 atom stereocenters. The Kier molecular flexibility index (Phi) is 6.39. The van der Waals surface area contributed by atoms with Gasteiger partial charge in [0.05, 0.1) is 11.9 Å². The Morgan fingerprint density at radius 2 is 1.75 bits per heavy atom. The van der Waals surface area contributed by atoms with Crippen LogP contribution in [0.5, 0.6) is 0 Å². The number of pyridine rings is 1. The van der Waals surface area contributed by atoms with Crippen LogP contribution in [0.1, 0.15) is 37.7 Å². The van der Waals surface area contributed by atoms with Crippen LogP contribution in [-0.2, 0) is 11.2 Å². The average Bonchev–Trinajstić information content (AvgIpc) is 3.69. The van der Waals surface area contributed by atoms with Crippen molar-refractivity contribution in [2.45, 2.75) is 50.6 Å². The summed E-state index contributed by atoms with van der Waals surface area (Å²) >= 11 is 0. The van der Waals surface area contributed by atoms with Gasteiger partial charge in [-0.1, -0.05) is 6.42 Å². The van der Waals surface area contributed by atoms with E-state index in [-0.39, 0.29) is 11.9 Å². The zero-order valence-corrected chi connectivity index (χ0v) is 21.4. The number of nitrogens with zero attached hydrogens (tertiary/aromatic N) is 8. The van der Waals surface area contributed by atoms with Crippen LogP contribution in [0.3, 0.4) is 0 Å². The van der Waals surface area contributed by atoms with Crippen LogP contribution < -0.4 is 15.2 Å². The van der Waals surface area contributed by atoms with E-state index < -0.39 is 0 Å². The lowest BCUT2D eigenvalue weighted by atomic mass is 10.1. The summed E-state index contributed by atoms with van der Waals surface area (Å²) < 4.78 is 0. The second kappa shape index (κ2) is 9.82. The van der Waals surface area contributed by atoms with Crippen molar-refractivity contribution < 1.29 is 4.79 Å². The van der Waals surface area contributed by atoms with Gasteiger partial charge in [-0.15, -0.1) is 0 Å². The summed E-state index contributed by atoms with van der Waals surface area (Å²) in [7, 11) is 3.64. The molecule has 4 aliphatic rings. The Labute approximate surface area is 213 Å².